The number of benzene rings is 1. The molecular formula is C22H27ClN4O3S. The molecule has 1 unspecified atom stereocenters. The number of rotatable bonds is 6. The summed E-state index contributed by atoms with van der Waals surface area (Å²) in [5.74, 6) is 1.87. The maximum absolute atomic E-state index is 12.6. The number of aromatic nitrogens is 2. The highest BCUT2D eigenvalue weighted by atomic mass is 35.5. The maximum atomic E-state index is 12.6. The van der Waals surface area contributed by atoms with E-state index in [1.54, 1.807) is 7.11 Å². The molecule has 2 fully saturated rings. The zero-order valence-corrected chi connectivity index (χ0v) is 19.1. The molecule has 9 heteroatoms. The molecular weight excluding hydrogens is 436 g/mol. The molecule has 1 aromatic heterocycles. The number of piperidine rings is 1. The number of ether oxygens (including phenoxy) is 1. The first-order valence-electron chi connectivity index (χ1n) is 10.7. The number of halogens is 1. The van der Waals surface area contributed by atoms with Crippen LogP contribution in [0.3, 0.4) is 0 Å². The van der Waals surface area contributed by atoms with E-state index >= 15 is 0 Å². The molecule has 1 aliphatic carbocycles. The number of hydrogen-bond acceptors (Lipinski definition) is 7. The van der Waals surface area contributed by atoms with Crippen molar-refractivity contribution < 1.29 is 14.4 Å². The van der Waals surface area contributed by atoms with Crippen LogP contribution in [0.2, 0.25) is 5.02 Å². The normalized spacial score (nSPS) is 23.5. The van der Waals surface area contributed by atoms with Crippen molar-refractivity contribution in [1.29, 1.82) is 0 Å². The molecule has 3 heterocycles. The van der Waals surface area contributed by atoms with E-state index in [0.717, 1.165) is 50.0 Å². The fourth-order valence-corrected chi connectivity index (χ4v) is 6.00. The number of methoxy groups -OCH3 is 1. The van der Waals surface area contributed by atoms with E-state index in [1.807, 2.05) is 24.3 Å². The first-order valence-corrected chi connectivity index (χ1v) is 12.4. The molecule has 1 aromatic carbocycles. The zero-order valence-electron chi connectivity index (χ0n) is 17.6. The quantitative estimate of drug-likeness (QED) is 0.637. The minimum absolute atomic E-state index is 0.0505. The number of hydrogen-bond donors (Lipinski definition) is 2. The Bertz CT molecular complexity index is 962. The van der Waals surface area contributed by atoms with E-state index in [9.17, 15) is 9.66 Å². The second-order valence-corrected chi connectivity index (χ2v) is 10.6. The zero-order chi connectivity index (χ0) is 21.6. The van der Waals surface area contributed by atoms with Gasteiger partial charge in [-0.2, -0.15) is 4.98 Å². The van der Waals surface area contributed by atoms with Crippen molar-refractivity contribution in [1.82, 2.24) is 9.97 Å². The summed E-state index contributed by atoms with van der Waals surface area (Å²) in [5.41, 5.74) is 1.31. The van der Waals surface area contributed by atoms with E-state index in [1.165, 1.54) is 0 Å². The molecule has 2 aliphatic heterocycles. The SMILES string of the molecule is COC1(c2ccc(Cl)cc2)CCN(c2nc3c(c(NC4(CO)CC4)n2)[S+]([O-])CC3)CC1. The lowest BCUT2D eigenvalue weighted by molar-refractivity contribution is -0.0348. The monoisotopic (exact) mass is 462 g/mol. The van der Waals surface area contributed by atoms with Gasteiger partial charge in [-0.25, -0.2) is 4.98 Å². The van der Waals surface area contributed by atoms with Crippen LogP contribution in [0.4, 0.5) is 11.8 Å². The van der Waals surface area contributed by atoms with Gasteiger partial charge in [-0.1, -0.05) is 23.7 Å². The number of aliphatic hydroxyl groups excluding tert-OH is 1. The first-order chi connectivity index (χ1) is 15.0. The standard InChI is InChI=1S/C22H27ClN4O3S/c1-30-22(15-2-4-16(23)5-3-15)9-11-27(12-10-22)20-24-17-6-13-31(29)18(17)19(25-20)26-21(14-28)7-8-21/h2-5,28H,6-14H2,1H3,(H,24,25,26). The van der Waals surface area contributed by atoms with E-state index in [4.69, 9.17) is 26.3 Å². The molecule has 0 amide bonds. The van der Waals surface area contributed by atoms with Crippen LogP contribution in [0.15, 0.2) is 29.2 Å². The van der Waals surface area contributed by atoms with Gasteiger partial charge in [-0.15, -0.1) is 0 Å². The van der Waals surface area contributed by atoms with Crippen molar-refractivity contribution in [3.8, 4) is 0 Å². The van der Waals surface area contributed by atoms with Crippen LogP contribution in [0.1, 0.15) is 36.9 Å². The van der Waals surface area contributed by atoms with Gasteiger partial charge in [0.25, 0.3) is 0 Å². The van der Waals surface area contributed by atoms with Crippen LogP contribution >= 0.6 is 11.6 Å². The van der Waals surface area contributed by atoms with Crippen LogP contribution in [0, 0.1) is 0 Å². The Hall–Kier alpha value is -1.58. The van der Waals surface area contributed by atoms with E-state index in [0.29, 0.717) is 33.9 Å². The van der Waals surface area contributed by atoms with Gasteiger partial charge in [0, 0.05) is 31.6 Å². The molecule has 7 nitrogen and oxygen atoms in total. The smallest absolute Gasteiger partial charge is 0.227 e. The Balaban J connectivity index is 1.39. The summed E-state index contributed by atoms with van der Waals surface area (Å²) in [4.78, 5) is 12.5. The van der Waals surface area contributed by atoms with Gasteiger partial charge in [0.15, 0.2) is 5.82 Å². The number of nitrogens with one attached hydrogen (secondary N) is 1. The summed E-state index contributed by atoms with van der Waals surface area (Å²) in [6.45, 7) is 1.56. The molecule has 1 saturated heterocycles. The average Bonchev–Trinajstić information content (AvgIpc) is 3.47. The Morgan fingerprint density at radius 2 is 1.90 bits per heavy atom. The van der Waals surface area contributed by atoms with Gasteiger partial charge in [0.05, 0.1) is 17.7 Å². The highest BCUT2D eigenvalue weighted by molar-refractivity contribution is 7.91. The largest absolute Gasteiger partial charge is 0.611 e. The number of fused-ring (bicyclic) bond motifs is 1. The third kappa shape index (κ3) is 3.89. The number of aliphatic hydroxyl groups is 1. The van der Waals surface area contributed by atoms with Gasteiger partial charge in [0.2, 0.25) is 10.8 Å². The van der Waals surface area contributed by atoms with E-state index in [-0.39, 0.29) is 17.7 Å². The lowest BCUT2D eigenvalue weighted by Crippen LogP contribution is -2.44. The molecule has 31 heavy (non-hydrogen) atoms. The van der Waals surface area contributed by atoms with Gasteiger partial charge < -0.3 is 24.6 Å². The second-order valence-electron chi connectivity index (χ2n) is 8.70. The Morgan fingerprint density at radius 3 is 2.52 bits per heavy atom. The third-order valence-electron chi connectivity index (χ3n) is 6.83. The minimum Gasteiger partial charge on any atom is -0.611 e. The van der Waals surface area contributed by atoms with Gasteiger partial charge in [-0.05, 0) is 54.6 Å². The van der Waals surface area contributed by atoms with Crippen molar-refractivity contribution in [2.45, 2.75) is 48.1 Å². The van der Waals surface area contributed by atoms with Gasteiger partial charge >= 0.3 is 0 Å². The predicted octanol–water partition coefficient (Wildman–Crippen LogP) is 2.87. The molecule has 0 bridgehead atoms. The molecule has 0 radical (unpaired) electrons. The van der Waals surface area contributed by atoms with Crippen molar-refractivity contribution in [3.05, 3.63) is 40.5 Å². The molecule has 2 N–H and O–H groups in total. The summed E-state index contributed by atoms with van der Waals surface area (Å²) in [5, 5.41) is 13.9. The van der Waals surface area contributed by atoms with E-state index < -0.39 is 11.2 Å². The number of nitrogens with zero attached hydrogens (tertiary/aromatic N) is 3. The lowest BCUT2D eigenvalue weighted by Gasteiger charge is -2.41. The molecule has 1 atom stereocenters. The molecule has 1 saturated carbocycles. The summed E-state index contributed by atoms with van der Waals surface area (Å²) in [7, 11) is 1.76. The third-order valence-corrected chi connectivity index (χ3v) is 8.54. The Morgan fingerprint density at radius 1 is 1.19 bits per heavy atom. The number of anilines is 2. The molecule has 0 spiro atoms. The van der Waals surface area contributed by atoms with Gasteiger partial charge in [-0.3, -0.25) is 0 Å². The van der Waals surface area contributed by atoms with Crippen LogP contribution in [-0.4, -0.2) is 57.7 Å². The minimum atomic E-state index is -1.09. The van der Waals surface area contributed by atoms with E-state index in [2.05, 4.69) is 10.2 Å². The highest BCUT2D eigenvalue weighted by Crippen LogP contribution is 2.42. The summed E-state index contributed by atoms with van der Waals surface area (Å²) >= 11 is 4.97. The first kappa shape index (κ1) is 21.3. The summed E-state index contributed by atoms with van der Waals surface area (Å²) < 4.78 is 18.6. The van der Waals surface area contributed by atoms with Crippen molar-refractivity contribution in [2.75, 3.05) is 42.8 Å². The predicted molar refractivity (Wildman–Crippen MR) is 121 cm³/mol. The number of aryl methyl sites for hydroxylation is 1. The second kappa shape index (κ2) is 8.08. The molecule has 2 aromatic rings. The topological polar surface area (TPSA) is 93.6 Å². The molecule has 166 valence electrons. The average molecular weight is 463 g/mol. The van der Waals surface area contributed by atoms with Crippen LogP contribution in [0.25, 0.3) is 0 Å². The fourth-order valence-electron chi connectivity index (χ4n) is 4.57. The van der Waals surface area contributed by atoms with Crippen LogP contribution in [-0.2, 0) is 27.9 Å². The Labute approximate surface area is 190 Å². The maximum Gasteiger partial charge on any atom is 0.227 e. The van der Waals surface area contributed by atoms with Crippen LogP contribution in [0.5, 0.6) is 0 Å². The van der Waals surface area contributed by atoms with Crippen LogP contribution < -0.4 is 10.2 Å². The van der Waals surface area contributed by atoms with Gasteiger partial charge in [0.1, 0.15) is 11.4 Å². The summed E-state index contributed by atoms with van der Waals surface area (Å²) in [6, 6.07) is 7.88. The van der Waals surface area contributed by atoms with Crippen molar-refractivity contribution in [2.24, 2.45) is 0 Å². The highest BCUT2D eigenvalue weighted by Gasteiger charge is 2.45. The molecule has 3 aliphatic rings. The Kier molecular flexibility index (Phi) is 5.55. The summed E-state index contributed by atoms with van der Waals surface area (Å²) in [6.07, 6.45) is 4.09. The van der Waals surface area contributed by atoms with Crippen molar-refractivity contribution >= 4 is 34.5 Å². The fraction of sp³-hybridized carbons (Fsp3) is 0.545. The van der Waals surface area contributed by atoms with Crippen molar-refractivity contribution in [3.63, 3.8) is 0 Å². The molecule has 5 rings (SSSR count). The lowest BCUT2D eigenvalue weighted by atomic mass is 9.84.